The second-order valence-electron chi connectivity index (χ2n) is 4.99. The van der Waals surface area contributed by atoms with E-state index in [2.05, 4.69) is 0 Å². The lowest BCUT2D eigenvalue weighted by Crippen LogP contribution is -2.05. The van der Waals surface area contributed by atoms with E-state index in [0.29, 0.717) is 27.9 Å². The number of benzene rings is 2. The Bertz CT molecular complexity index is 728. The molecular weight excluding hydrogens is 309 g/mol. The summed E-state index contributed by atoms with van der Waals surface area (Å²) in [6, 6.07) is 8.56. The van der Waals surface area contributed by atoms with Gasteiger partial charge in [0.25, 0.3) is 0 Å². The molecule has 21 heavy (non-hydrogen) atoms. The number of fused-ring (bicyclic) bond motifs is 1. The average Bonchev–Trinajstić information content (AvgIpc) is 2.90. The minimum absolute atomic E-state index is 0.0446. The molecule has 1 aliphatic heterocycles. The van der Waals surface area contributed by atoms with Crippen molar-refractivity contribution in [3.8, 4) is 5.75 Å². The van der Waals surface area contributed by atoms with Crippen molar-refractivity contribution in [1.29, 1.82) is 0 Å². The van der Waals surface area contributed by atoms with Crippen LogP contribution in [0.3, 0.4) is 0 Å². The molecule has 0 radical (unpaired) electrons. The fraction of sp³-hybridized carbons (Fsp3) is 0.188. The number of halogens is 2. The fourth-order valence-electron chi connectivity index (χ4n) is 2.45. The van der Waals surface area contributed by atoms with Gasteiger partial charge in [-0.3, -0.25) is 4.79 Å². The van der Waals surface area contributed by atoms with Crippen molar-refractivity contribution in [1.82, 2.24) is 0 Å². The molecule has 2 aromatic rings. The van der Waals surface area contributed by atoms with Crippen molar-refractivity contribution in [2.45, 2.75) is 12.8 Å². The lowest BCUT2D eigenvalue weighted by Gasteiger charge is -2.09. The molecule has 0 aliphatic carbocycles. The van der Waals surface area contributed by atoms with Gasteiger partial charge in [-0.15, -0.1) is 0 Å². The molecule has 0 bridgehead atoms. The minimum atomic E-state index is -0.0446. The Morgan fingerprint density at radius 1 is 1.24 bits per heavy atom. The molecule has 1 heterocycles. The zero-order chi connectivity index (χ0) is 15.0. The Kier molecular flexibility index (Phi) is 3.79. The van der Waals surface area contributed by atoms with Crippen LogP contribution in [0.5, 0.6) is 5.75 Å². The van der Waals surface area contributed by atoms with Gasteiger partial charge in [0.1, 0.15) is 5.75 Å². The SMILES string of the molecule is Nc1ccc(C(=O)Cc2cc(Cl)cc3c2OCC3)cc1Cl. The van der Waals surface area contributed by atoms with Gasteiger partial charge in [-0.05, 0) is 35.9 Å². The van der Waals surface area contributed by atoms with E-state index in [4.69, 9.17) is 33.7 Å². The van der Waals surface area contributed by atoms with Gasteiger partial charge in [0.15, 0.2) is 5.78 Å². The Labute approximate surface area is 132 Å². The smallest absolute Gasteiger partial charge is 0.167 e. The van der Waals surface area contributed by atoms with Crippen LogP contribution in [-0.4, -0.2) is 12.4 Å². The van der Waals surface area contributed by atoms with E-state index < -0.39 is 0 Å². The second kappa shape index (κ2) is 5.58. The number of carbonyl (C=O) groups excluding carboxylic acids is 1. The van der Waals surface area contributed by atoms with E-state index in [-0.39, 0.29) is 12.2 Å². The summed E-state index contributed by atoms with van der Waals surface area (Å²) in [5.74, 6) is 0.742. The van der Waals surface area contributed by atoms with Gasteiger partial charge in [0.2, 0.25) is 0 Å². The first-order valence-corrected chi connectivity index (χ1v) is 7.32. The van der Waals surface area contributed by atoms with Gasteiger partial charge in [0, 0.05) is 29.0 Å². The van der Waals surface area contributed by atoms with Gasteiger partial charge in [-0.1, -0.05) is 23.2 Å². The van der Waals surface area contributed by atoms with Gasteiger partial charge in [-0.25, -0.2) is 0 Å². The zero-order valence-corrected chi connectivity index (χ0v) is 12.7. The summed E-state index contributed by atoms with van der Waals surface area (Å²) in [7, 11) is 0. The number of Topliss-reactive ketones (excluding diaryl/α,β-unsaturated/α-hetero) is 1. The fourth-order valence-corrected chi connectivity index (χ4v) is 2.90. The molecule has 0 amide bonds. The molecule has 0 spiro atoms. The molecule has 5 heteroatoms. The van der Waals surface area contributed by atoms with Gasteiger partial charge in [-0.2, -0.15) is 0 Å². The van der Waals surface area contributed by atoms with E-state index in [1.165, 1.54) is 0 Å². The van der Waals surface area contributed by atoms with Gasteiger partial charge < -0.3 is 10.5 Å². The summed E-state index contributed by atoms with van der Waals surface area (Å²) in [5.41, 5.74) is 8.51. The molecular formula is C16H13Cl2NO2. The highest BCUT2D eigenvalue weighted by Crippen LogP contribution is 2.33. The number of carbonyl (C=O) groups is 1. The summed E-state index contributed by atoms with van der Waals surface area (Å²) < 4.78 is 5.61. The predicted molar refractivity (Wildman–Crippen MR) is 84.5 cm³/mol. The molecule has 1 aliphatic rings. The first kappa shape index (κ1) is 14.2. The molecule has 3 nitrogen and oxygen atoms in total. The van der Waals surface area contributed by atoms with Crippen LogP contribution in [0.2, 0.25) is 10.0 Å². The van der Waals surface area contributed by atoms with Crippen LogP contribution in [0.25, 0.3) is 0 Å². The molecule has 3 rings (SSSR count). The predicted octanol–water partition coefficient (Wildman–Crippen LogP) is 3.94. The summed E-state index contributed by atoms with van der Waals surface area (Å²) in [6.07, 6.45) is 1.05. The van der Waals surface area contributed by atoms with E-state index in [9.17, 15) is 4.79 Å². The Morgan fingerprint density at radius 2 is 2.05 bits per heavy atom. The highest BCUT2D eigenvalue weighted by molar-refractivity contribution is 6.33. The molecule has 2 aromatic carbocycles. The summed E-state index contributed by atoms with van der Waals surface area (Å²) in [5, 5.41) is 1.01. The Balaban J connectivity index is 1.90. The molecule has 0 atom stereocenters. The van der Waals surface area contributed by atoms with Gasteiger partial charge in [0.05, 0.1) is 17.3 Å². The Hall–Kier alpha value is -1.71. The third-order valence-corrected chi connectivity index (χ3v) is 4.04. The van der Waals surface area contributed by atoms with Crippen LogP contribution in [0, 0.1) is 0 Å². The van der Waals surface area contributed by atoms with Crippen LogP contribution in [0.4, 0.5) is 5.69 Å². The molecule has 108 valence electrons. The number of rotatable bonds is 3. The quantitative estimate of drug-likeness (QED) is 0.688. The molecule has 0 saturated carbocycles. The lowest BCUT2D eigenvalue weighted by molar-refractivity contribution is 0.0992. The standard InChI is InChI=1S/C16H13Cl2NO2/c17-12-5-10-3-4-21-16(10)11(6-12)8-15(20)9-1-2-14(19)13(18)7-9/h1-2,5-7H,3-4,8,19H2. The first-order valence-electron chi connectivity index (χ1n) is 6.57. The third kappa shape index (κ3) is 2.85. The van der Waals surface area contributed by atoms with Crippen molar-refractivity contribution in [3.63, 3.8) is 0 Å². The molecule has 0 unspecified atom stereocenters. The van der Waals surface area contributed by atoms with Crippen LogP contribution >= 0.6 is 23.2 Å². The largest absolute Gasteiger partial charge is 0.493 e. The van der Waals surface area contributed by atoms with E-state index in [0.717, 1.165) is 23.3 Å². The lowest BCUT2D eigenvalue weighted by atomic mass is 10.00. The molecule has 0 fully saturated rings. The summed E-state index contributed by atoms with van der Waals surface area (Å²) >= 11 is 12.1. The van der Waals surface area contributed by atoms with E-state index in [1.54, 1.807) is 24.3 Å². The van der Waals surface area contributed by atoms with E-state index >= 15 is 0 Å². The number of nitrogens with two attached hydrogens (primary N) is 1. The number of ketones is 1. The number of ether oxygens (including phenoxy) is 1. The van der Waals surface area contributed by atoms with Gasteiger partial charge >= 0.3 is 0 Å². The average molecular weight is 322 g/mol. The summed E-state index contributed by atoms with van der Waals surface area (Å²) in [6.45, 7) is 0.630. The Morgan fingerprint density at radius 3 is 2.81 bits per heavy atom. The van der Waals surface area contributed by atoms with Crippen LogP contribution in [-0.2, 0) is 12.8 Å². The normalized spacial score (nSPS) is 12.9. The molecule has 0 saturated heterocycles. The number of anilines is 1. The van der Waals surface area contributed by atoms with Crippen LogP contribution in [0.15, 0.2) is 30.3 Å². The monoisotopic (exact) mass is 321 g/mol. The van der Waals surface area contributed by atoms with Crippen LogP contribution < -0.4 is 10.5 Å². The number of hydrogen-bond acceptors (Lipinski definition) is 3. The summed E-state index contributed by atoms with van der Waals surface area (Å²) in [4.78, 5) is 12.4. The van der Waals surface area contributed by atoms with Crippen molar-refractivity contribution in [2.75, 3.05) is 12.3 Å². The second-order valence-corrected chi connectivity index (χ2v) is 5.83. The van der Waals surface area contributed by atoms with Crippen molar-refractivity contribution < 1.29 is 9.53 Å². The zero-order valence-electron chi connectivity index (χ0n) is 11.2. The maximum atomic E-state index is 12.4. The number of nitrogen functional groups attached to an aromatic ring is 1. The molecule has 2 N–H and O–H groups in total. The minimum Gasteiger partial charge on any atom is -0.493 e. The topological polar surface area (TPSA) is 52.3 Å². The maximum Gasteiger partial charge on any atom is 0.167 e. The highest BCUT2D eigenvalue weighted by Gasteiger charge is 2.20. The van der Waals surface area contributed by atoms with E-state index in [1.807, 2.05) is 6.07 Å². The highest BCUT2D eigenvalue weighted by atomic mass is 35.5. The van der Waals surface area contributed by atoms with Crippen molar-refractivity contribution in [2.24, 2.45) is 0 Å². The van der Waals surface area contributed by atoms with Crippen molar-refractivity contribution in [3.05, 3.63) is 57.1 Å². The number of hydrogen-bond donors (Lipinski definition) is 1. The van der Waals surface area contributed by atoms with Crippen LogP contribution in [0.1, 0.15) is 21.5 Å². The van der Waals surface area contributed by atoms with Crippen molar-refractivity contribution >= 4 is 34.7 Å². The first-order chi connectivity index (χ1) is 10.0. The molecule has 0 aromatic heterocycles. The third-order valence-electron chi connectivity index (χ3n) is 3.50. The maximum absolute atomic E-state index is 12.4.